The minimum atomic E-state index is 0.0522. The minimum absolute atomic E-state index is 0.0522. The second kappa shape index (κ2) is 14.2. The first-order valence-electron chi connectivity index (χ1n) is 13.7. The third-order valence-corrected chi connectivity index (χ3v) is 6.70. The quantitative estimate of drug-likeness (QED) is 0.0871. The van der Waals surface area contributed by atoms with E-state index in [1.165, 1.54) is 0 Å². The Morgan fingerprint density at radius 2 is 1.49 bits per heavy atom. The molecule has 5 aromatic rings. The summed E-state index contributed by atoms with van der Waals surface area (Å²) in [4.78, 5) is 12.9. The number of carbonyl (C=O) groups excluding carboxylic acids is 1. The molecule has 0 spiro atoms. The van der Waals surface area contributed by atoms with Gasteiger partial charge in [-0.05, 0) is 76.0 Å². The van der Waals surface area contributed by atoms with Crippen LogP contribution >= 0.6 is 0 Å². The molecule has 0 bridgehead atoms. The number of benzene rings is 5. The summed E-state index contributed by atoms with van der Waals surface area (Å²) in [6, 6.07) is 38.5. The number of nitrogens with one attached hydrogen (secondary N) is 2. The summed E-state index contributed by atoms with van der Waals surface area (Å²) in [6.45, 7) is 2.04. The molecule has 0 aromatic heterocycles. The zero-order chi connectivity index (χ0) is 28.3. The molecule has 0 aliphatic heterocycles. The Morgan fingerprint density at radius 1 is 0.707 bits per heavy atom. The fourth-order valence-corrected chi connectivity index (χ4v) is 4.52. The van der Waals surface area contributed by atoms with Crippen molar-refractivity contribution in [1.29, 1.82) is 0 Å². The van der Waals surface area contributed by atoms with Crippen molar-refractivity contribution in [2.24, 2.45) is 0 Å². The Hall–Kier alpha value is -4.49. The maximum atomic E-state index is 12.9. The minimum Gasteiger partial charge on any atom is -0.468 e. The van der Waals surface area contributed by atoms with Crippen molar-refractivity contribution in [3.05, 3.63) is 126 Å². The maximum Gasteiger partial charge on any atom is 0.189 e. The highest BCUT2D eigenvalue weighted by Crippen LogP contribution is 2.25. The van der Waals surface area contributed by atoms with Gasteiger partial charge in [0.15, 0.2) is 12.6 Å². The average molecular weight is 547 g/mol. The number of rotatable bonds is 14. The molecule has 0 saturated heterocycles. The molecular weight excluding hydrogens is 512 g/mol. The molecule has 41 heavy (non-hydrogen) atoms. The zero-order valence-electron chi connectivity index (χ0n) is 23.1. The predicted octanol–water partition coefficient (Wildman–Crippen LogP) is 7.22. The molecule has 5 aromatic carbocycles. The highest BCUT2D eigenvalue weighted by molar-refractivity contribution is 6.01. The van der Waals surface area contributed by atoms with Gasteiger partial charge in [0.2, 0.25) is 0 Å². The van der Waals surface area contributed by atoms with Gasteiger partial charge in [-0.3, -0.25) is 4.79 Å². The number of ether oxygens (including phenoxy) is 3. The lowest BCUT2D eigenvalue weighted by molar-refractivity contribution is -0.00841. The average Bonchev–Trinajstić information content (AvgIpc) is 3.01. The number of methoxy groups -OCH3 is 1. The Kier molecular flexibility index (Phi) is 9.74. The number of hydrogen-bond donors (Lipinski definition) is 2. The van der Waals surface area contributed by atoms with Gasteiger partial charge in [0.25, 0.3) is 0 Å². The molecule has 0 unspecified atom stereocenters. The summed E-state index contributed by atoms with van der Waals surface area (Å²) in [5, 5.41) is 8.71. The van der Waals surface area contributed by atoms with Crippen molar-refractivity contribution in [2.45, 2.75) is 6.54 Å². The molecule has 0 heterocycles. The van der Waals surface area contributed by atoms with E-state index in [1.807, 2.05) is 66.7 Å². The van der Waals surface area contributed by atoms with Crippen molar-refractivity contribution in [1.82, 2.24) is 5.32 Å². The number of carbonyl (C=O) groups is 1. The summed E-state index contributed by atoms with van der Waals surface area (Å²) >= 11 is 0. The van der Waals surface area contributed by atoms with Crippen LogP contribution in [0, 0.1) is 0 Å². The molecule has 0 amide bonds. The lowest BCUT2D eigenvalue weighted by Gasteiger charge is -2.10. The second-order valence-electron chi connectivity index (χ2n) is 9.68. The van der Waals surface area contributed by atoms with Crippen LogP contribution in [0.15, 0.2) is 115 Å². The van der Waals surface area contributed by atoms with E-state index in [-0.39, 0.29) is 19.1 Å². The van der Waals surface area contributed by atoms with Gasteiger partial charge in [-0.15, -0.1) is 0 Å². The van der Waals surface area contributed by atoms with Gasteiger partial charge in [-0.1, -0.05) is 66.7 Å². The molecule has 0 saturated carbocycles. The Balaban J connectivity index is 1.13. The lowest BCUT2D eigenvalue weighted by atomic mass is 10.0. The monoisotopic (exact) mass is 546 g/mol. The van der Waals surface area contributed by atoms with Gasteiger partial charge in [-0.25, -0.2) is 0 Å². The number of para-hydroxylation sites is 1. The van der Waals surface area contributed by atoms with Gasteiger partial charge < -0.3 is 24.8 Å². The summed E-state index contributed by atoms with van der Waals surface area (Å²) < 4.78 is 16.0. The largest absolute Gasteiger partial charge is 0.468 e. The third-order valence-electron chi connectivity index (χ3n) is 6.70. The highest BCUT2D eigenvalue weighted by Gasteiger charge is 2.08. The van der Waals surface area contributed by atoms with Crippen LogP contribution in [0.5, 0.6) is 5.75 Å². The number of anilines is 2. The Bertz CT molecular complexity index is 1570. The van der Waals surface area contributed by atoms with E-state index in [9.17, 15) is 4.79 Å². The number of ketones is 1. The van der Waals surface area contributed by atoms with Crippen LogP contribution in [0.25, 0.3) is 21.9 Å². The van der Waals surface area contributed by atoms with E-state index in [0.717, 1.165) is 44.6 Å². The molecule has 6 nitrogen and oxygen atoms in total. The van der Waals surface area contributed by atoms with Gasteiger partial charge in [-0.2, -0.15) is 0 Å². The third kappa shape index (κ3) is 8.02. The standard InChI is InChI=1S/C35H34N2O4/c1-39-18-19-40-25-41-34-17-14-29-21-31(11-10-30(29)22-34)35(38)24-36-23-26-6-5-7-28(20-26)27-12-15-33(16-13-27)37-32-8-3-2-4-9-32/h2-17,20-22,36-37H,18-19,23-25H2,1H3. The summed E-state index contributed by atoms with van der Waals surface area (Å²) in [5.74, 6) is 0.772. The van der Waals surface area contributed by atoms with Crippen molar-refractivity contribution >= 4 is 27.9 Å². The van der Waals surface area contributed by atoms with E-state index < -0.39 is 0 Å². The van der Waals surface area contributed by atoms with Crippen molar-refractivity contribution in [3.63, 3.8) is 0 Å². The van der Waals surface area contributed by atoms with Crippen LogP contribution in [0.3, 0.4) is 0 Å². The molecule has 0 atom stereocenters. The molecule has 0 fully saturated rings. The highest BCUT2D eigenvalue weighted by atomic mass is 16.7. The molecule has 0 aliphatic carbocycles. The van der Waals surface area contributed by atoms with Crippen molar-refractivity contribution in [2.75, 3.05) is 39.0 Å². The van der Waals surface area contributed by atoms with Gasteiger partial charge in [0.05, 0.1) is 19.8 Å². The van der Waals surface area contributed by atoms with Gasteiger partial charge in [0.1, 0.15) is 5.75 Å². The SMILES string of the molecule is COCCOCOc1ccc2cc(C(=O)CNCc3cccc(-c4ccc(Nc5ccccc5)cc4)c3)ccc2c1. The first-order chi connectivity index (χ1) is 20.2. The molecule has 5 rings (SSSR count). The van der Waals surface area contributed by atoms with Crippen LogP contribution in [0.4, 0.5) is 11.4 Å². The van der Waals surface area contributed by atoms with Crippen molar-refractivity contribution in [3.8, 4) is 16.9 Å². The fraction of sp³-hybridized carbons (Fsp3) is 0.171. The normalized spacial score (nSPS) is 11.0. The molecule has 6 heteroatoms. The summed E-state index contributed by atoms with van der Waals surface area (Å²) in [7, 11) is 1.63. The topological polar surface area (TPSA) is 68.8 Å². The maximum absolute atomic E-state index is 12.9. The van der Waals surface area contributed by atoms with E-state index in [1.54, 1.807) is 7.11 Å². The first kappa shape index (κ1) is 28.1. The molecule has 0 radical (unpaired) electrons. The van der Waals surface area contributed by atoms with E-state index in [0.29, 0.717) is 25.3 Å². The van der Waals surface area contributed by atoms with Crippen LogP contribution in [0.1, 0.15) is 15.9 Å². The molecule has 208 valence electrons. The van der Waals surface area contributed by atoms with Gasteiger partial charge in [0, 0.05) is 30.6 Å². The first-order valence-corrected chi connectivity index (χ1v) is 13.7. The lowest BCUT2D eigenvalue weighted by Crippen LogP contribution is -2.22. The van der Waals surface area contributed by atoms with Crippen LogP contribution in [-0.2, 0) is 16.0 Å². The van der Waals surface area contributed by atoms with Gasteiger partial charge >= 0.3 is 0 Å². The van der Waals surface area contributed by atoms with Crippen LogP contribution in [-0.4, -0.2) is 39.4 Å². The number of hydrogen-bond acceptors (Lipinski definition) is 6. The van der Waals surface area contributed by atoms with Crippen molar-refractivity contribution < 1.29 is 19.0 Å². The fourth-order valence-electron chi connectivity index (χ4n) is 4.52. The van der Waals surface area contributed by atoms with E-state index >= 15 is 0 Å². The zero-order valence-corrected chi connectivity index (χ0v) is 23.1. The Labute approximate surface area is 240 Å². The van der Waals surface area contributed by atoms with Crippen LogP contribution in [0.2, 0.25) is 0 Å². The number of Topliss-reactive ketones (excluding diaryl/α,β-unsaturated/α-hetero) is 1. The van der Waals surface area contributed by atoms with Crippen LogP contribution < -0.4 is 15.4 Å². The summed E-state index contributed by atoms with van der Waals surface area (Å²) in [6.07, 6.45) is 0. The Morgan fingerprint density at radius 3 is 2.32 bits per heavy atom. The molecule has 2 N–H and O–H groups in total. The summed E-state index contributed by atoms with van der Waals surface area (Å²) in [5.41, 5.74) is 6.19. The molecule has 0 aliphatic rings. The predicted molar refractivity (Wildman–Crippen MR) is 165 cm³/mol. The molecular formula is C35H34N2O4. The van der Waals surface area contributed by atoms with E-state index in [4.69, 9.17) is 14.2 Å². The van der Waals surface area contributed by atoms with E-state index in [2.05, 4.69) is 59.2 Å². The smallest absolute Gasteiger partial charge is 0.189 e. The second-order valence-corrected chi connectivity index (χ2v) is 9.68. The number of fused-ring (bicyclic) bond motifs is 1.